The summed E-state index contributed by atoms with van der Waals surface area (Å²) in [5, 5.41) is 9.68. The number of nitriles is 1. The molecule has 0 radical (unpaired) electrons. The van der Waals surface area contributed by atoms with Gasteiger partial charge in [-0.15, -0.1) is 0 Å². The van der Waals surface area contributed by atoms with Crippen LogP contribution in [0, 0.1) is 11.3 Å². The molecule has 160 valence electrons. The van der Waals surface area contributed by atoms with E-state index in [2.05, 4.69) is 22.0 Å². The number of rotatable bonds is 5. The molecule has 3 aromatic carbocycles. The number of carbonyl (C=O) groups is 1. The summed E-state index contributed by atoms with van der Waals surface area (Å²) in [5.41, 5.74) is 8.43. The smallest absolute Gasteiger partial charge is 0.343 e. The number of halogens is 1. The van der Waals surface area contributed by atoms with Gasteiger partial charge in [0.05, 0.1) is 18.1 Å². The van der Waals surface area contributed by atoms with Crippen molar-refractivity contribution < 1.29 is 19.0 Å². The SMILES string of the molecule is CCOc1ccc(C(=O)Oc2ccc3c(c2)OC(N)=C(C#N)[C@H]3c2cccc(Br)c2)cc1. The van der Waals surface area contributed by atoms with Crippen molar-refractivity contribution in [1.82, 2.24) is 0 Å². The summed E-state index contributed by atoms with van der Waals surface area (Å²) in [5.74, 6) is 0.554. The van der Waals surface area contributed by atoms with Crippen LogP contribution in [0.15, 0.2) is 82.7 Å². The van der Waals surface area contributed by atoms with Crippen molar-refractivity contribution in [2.45, 2.75) is 12.8 Å². The van der Waals surface area contributed by atoms with Crippen molar-refractivity contribution in [3.8, 4) is 23.3 Å². The third-order valence-electron chi connectivity index (χ3n) is 4.98. The Morgan fingerprint density at radius 3 is 2.56 bits per heavy atom. The van der Waals surface area contributed by atoms with Gasteiger partial charge in [-0.1, -0.05) is 34.1 Å². The Bertz CT molecular complexity index is 1250. The lowest BCUT2D eigenvalue weighted by Crippen LogP contribution is -2.21. The van der Waals surface area contributed by atoms with E-state index in [4.69, 9.17) is 19.9 Å². The van der Waals surface area contributed by atoms with Crippen LogP contribution in [-0.4, -0.2) is 12.6 Å². The van der Waals surface area contributed by atoms with Crippen LogP contribution < -0.4 is 19.9 Å². The molecule has 0 amide bonds. The Balaban J connectivity index is 1.63. The van der Waals surface area contributed by atoms with Crippen molar-refractivity contribution in [1.29, 1.82) is 5.26 Å². The second kappa shape index (κ2) is 9.16. The van der Waals surface area contributed by atoms with Crippen molar-refractivity contribution in [3.05, 3.63) is 99.3 Å². The first-order chi connectivity index (χ1) is 15.5. The van der Waals surface area contributed by atoms with E-state index in [-0.39, 0.29) is 5.88 Å². The van der Waals surface area contributed by atoms with Gasteiger partial charge >= 0.3 is 5.97 Å². The summed E-state index contributed by atoms with van der Waals surface area (Å²) in [4.78, 5) is 12.6. The van der Waals surface area contributed by atoms with Gasteiger partial charge in [0.15, 0.2) is 0 Å². The van der Waals surface area contributed by atoms with E-state index < -0.39 is 11.9 Å². The summed E-state index contributed by atoms with van der Waals surface area (Å²) < 4.78 is 17.5. The molecule has 1 atom stereocenters. The lowest BCUT2D eigenvalue weighted by Gasteiger charge is -2.26. The van der Waals surface area contributed by atoms with Gasteiger partial charge in [0.25, 0.3) is 0 Å². The number of allylic oxidation sites excluding steroid dienone is 1. The maximum Gasteiger partial charge on any atom is 0.343 e. The topological polar surface area (TPSA) is 94.6 Å². The Morgan fingerprint density at radius 1 is 1.12 bits per heavy atom. The molecule has 7 heteroatoms. The quantitative estimate of drug-likeness (QED) is 0.385. The lowest BCUT2D eigenvalue weighted by molar-refractivity contribution is 0.0734. The molecule has 0 saturated carbocycles. The largest absolute Gasteiger partial charge is 0.494 e. The summed E-state index contributed by atoms with van der Waals surface area (Å²) >= 11 is 3.47. The summed E-state index contributed by atoms with van der Waals surface area (Å²) in [7, 11) is 0. The molecule has 4 rings (SSSR count). The molecule has 3 aromatic rings. The zero-order valence-electron chi connectivity index (χ0n) is 17.2. The molecular weight excluding hydrogens is 472 g/mol. The minimum atomic E-state index is -0.506. The molecule has 6 nitrogen and oxygen atoms in total. The molecule has 0 saturated heterocycles. The lowest BCUT2D eigenvalue weighted by atomic mass is 9.83. The molecule has 1 aliphatic rings. The highest BCUT2D eigenvalue weighted by atomic mass is 79.9. The molecule has 2 N–H and O–H groups in total. The van der Waals surface area contributed by atoms with Gasteiger partial charge in [0.2, 0.25) is 5.88 Å². The molecule has 1 heterocycles. The molecule has 0 bridgehead atoms. The molecule has 0 spiro atoms. The number of esters is 1. The highest BCUT2D eigenvalue weighted by molar-refractivity contribution is 9.10. The number of nitrogens with two attached hydrogens (primary N) is 1. The standard InChI is InChI=1S/C25H19BrN2O4/c1-2-30-18-8-6-15(7-9-18)25(29)31-19-10-11-20-22(13-19)32-24(28)21(14-27)23(20)16-4-3-5-17(26)12-16/h3-13,23H,2,28H2,1H3/t23-/m0/s1. The fourth-order valence-corrected chi connectivity index (χ4v) is 3.97. The van der Waals surface area contributed by atoms with Gasteiger partial charge in [-0.3, -0.25) is 0 Å². The minimum Gasteiger partial charge on any atom is -0.494 e. The van der Waals surface area contributed by atoms with E-state index in [1.165, 1.54) is 0 Å². The number of fused-ring (bicyclic) bond motifs is 1. The van der Waals surface area contributed by atoms with E-state index in [1.807, 2.05) is 31.2 Å². The van der Waals surface area contributed by atoms with Gasteiger partial charge < -0.3 is 19.9 Å². The molecule has 0 fully saturated rings. The van der Waals surface area contributed by atoms with E-state index in [1.54, 1.807) is 42.5 Å². The zero-order valence-corrected chi connectivity index (χ0v) is 18.8. The van der Waals surface area contributed by atoms with E-state index in [9.17, 15) is 10.1 Å². The summed E-state index contributed by atoms with van der Waals surface area (Å²) in [6, 6.07) is 21.6. The van der Waals surface area contributed by atoms with Gasteiger partial charge in [-0.05, 0) is 55.0 Å². The Hall–Kier alpha value is -3.76. The van der Waals surface area contributed by atoms with Crippen molar-refractivity contribution in [3.63, 3.8) is 0 Å². The van der Waals surface area contributed by atoms with Gasteiger partial charge in [0, 0.05) is 16.1 Å². The highest BCUT2D eigenvalue weighted by Gasteiger charge is 2.31. The summed E-state index contributed by atoms with van der Waals surface area (Å²) in [6.45, 7) is 2.44. The molecule has 0 aliphatic carbocycles. The fraction of sp³-hybridized carbons (Fsp3) is 0.120. The van der Waals surface area contributed by atoms with E-state index >= 15 is 0 Å². The summed E-state index contributed by atoms with van der Waals surface area (Å²) in [6.07, 6.45) is 0. The zero-order chi connectivity index (χ0) is 22.7. The molecule has 32 heavy (non-hydrogen) atoms. The normalized spacial score (nSPS) is 14.7. The van der Waals surface area contributed by atoms with Crippen LogP contribution in [0.2, 0.25) is 0 Å². The molecule has 0 unspecified atom stereocenters. The van der Waals surface area contributed by atoms with Crippen molar-refractivity contribution in [2.75, 3.05) is 6.61 Å². The van der Waals surface area contributed by atoms with Crippen LogP contribution >= 0.6 is 15.9 Å². The third kappa shape index (κ3) is 4.32. The van der Waals surface area contributed by atoms with Gasteiger partial charge in [0.1, 0.15) is 28.9 Å². The Morgan fingerprint density at radius 2 is 1.88 bits per heavy atom. The average Bonchev–Trinajstić information content (AvgIpc) is 2.78. The Labute approximate surface area is 194 Å². The maximum atomic E-state index is 12.6. The predicted octanol–water partition coefficient (Wildman–Crippen LogP) is 5.29. The van der Waals surface area contributed by atoms with Crippen LogP contribution in [0.1, 0.15) is 34.3 Å². The molecule has 1 aliphatic heterocycles. The molecular formula is C25H19BrN2O4. The monoisotopic (exact) mass is 490 g/mol. The van der Waals surface area contributed by atoms with Crippen LogP contribution in [0.25, 0.3) is 0 Å². The van der Waals surface area contributed by atoms with Gasteiger partial charge in [-0.25, -0.2) is 4.79 Å². The number of ether oxygens (including phenoxy) is 3. The third-order valence-corrected chi connectivity index (χ3v) is 5.48. The van der Waals surface area contributed by atoms with E-state index in [0.717, 1.165) is 15.6 Å². The highest BCUT2D eigenvalue weighted by Crippen LogP contribution is 2.43. The second-order valence-corrected chi connectivity index (χ2v) is 7.94. The first-order valence-corrected chi connectivity index (χ1v) is 10.7. The number of hydrogen-bond donors (Lipinski definition) is 1. The number of benzene rings is 3. The minimum absolute atomic E-state index is 0.0277. The van der Waals surface area contributed by atoms with Crippen LogP contribution in [0.4, 0.5) is 0 Å². The second-order valence-electron chi connectivity index (χ2n) is 7.03. The average molecular weight is 491 g/mol. The first kappa shape index (κ1) is 21.5. The van der Waals surface area contributed by atoms with Gasteiger partial charge in [-0.2, -0.15) is 5.26 Å². The van der Waals surface area contributed by atoms with Crippen molar-refractivity contribution in [2.24, 2.45) is 5.73 Å². The molecule has 0 aromatic heterocycles. The van der Waals surface area contributed by atoms with Crippen LogP contribution in [-0.2, 0) is 0 Å². The fourth-order valence-electron chi connectivity index (χ4n) is 3.55. The van der Waals surface area contributed by atoms with Crippen LogP contribution in [0.5, 0.6) is 17.2 Å². The van der Waals surface area contributed by atoms with Crippen LogP contribution in [0.3, 0.4) is 0 Å². The van der Waals surface area contributed by atoms with Crippen molar-refractivity contribution >= 4 is 21.9 Å². The number of hydrogen-bond acceptors (Lipinski definition) is 6. The Kier molecular flexibility index (Phi) is 6.15. The number of carbonyl (C=O) groups excluding carboxylic acids is 1. The van der Waals surface area contributed by atoms with E-state index in [0.29, 0.717) is 35.0 Å². The number of nitrogens with zero attached hydrogens (tertiary/aromatic N) is 1. The maximum absolute atomic E-state index is 12.6. The first-order valence-electron chi connectivity index (χ1n) is 9.92. The predicted molar refractivity (Wildman–Crippen MR) is 122 cm³/mol.